The molecule has 2 rings (SSSR count). The van der Waals surface area contributed by atoms with Crippen LogP contribution in [0.5, 0.6) is 5.75 Å². The van der Waals surface area contributed by atoms with Crippen LogP contribution in [0.1, 0.15) is 49.1 Å². The highest BCUT2D eigenvalue weighted by atomic mass is 35.5. The van der Waals surface area contributed by atoms with E-state index >= 15 is 0 Å². The molecule has 1 aromatic heterocycles. The van der Waals surface area contributed by atoms with Crippen LogP contribution in [0, 0.1) is 13.8 Å². The first-order valence-corrected chi connectivity index (χ1v) is 8.17. The van der Waals surface area contributed by atoms with Crippen molar-refractivity contribution < 1.29 is 4.74 Å². The van der Waals surface area contributed by atoms with Gasteiger partial charge in [-0.1, -0.05) is 23.7 Å². The summed E-state index contributed by atoms with van der Waals surface area (Å²) in [7, 11) is 0. The second-order valence-electron chi connectivity index (χ2n) is 5.65. The van der Waals surface area contributed by atoms with Crippen LogP contribution in [-0.2, 0) is 13.0 Å². The van der Waals surface area contributed by atoms with E-state index in [0.29, 0.717) is 6.61 Å². The molecule has 0 spiro atoms. The van der Waals surface area contributed by atoms with Crippen LogP contribution in [0.3, 0.4) is 0 Å². The molecule has 120 valence electrons. The Hall–Kier alpha value is -1.55. The highest BCUT2D eigenvalue weighted by Crippen LogP contribution is 2.38. The molecular formula is C17H24ClN3O. The van der Waals surface area contributed by atoms with Crippen molar-refractivity contribution in [1.82, 2.24) is 15.0 Å². The van der Waals surface area contributed by atoms with E-state index in [1.807, 2.05) is 30.8 Å². The van der Waals surface area contributed by atoms with Gasteiger partial charge in [-0.05, 0) is 57.2 Å². The van der Waals surface area contributed by atoms with Crippen LogP contribution in [0.25, 0.3) is 0 Å². The standard InChI is InChI=1S/C17H24ClN3O/c1-6-21-10-14(19-20-21)8-11(3)16-13(5)15(18)9-12(4)17(16)22-7-2/h9-11H,6-8H2,1-5H3. The van der Waals surface area contributed by atoms with Crippen molar-refractivity contribution in [3.63, 3.8) is 0 Å². The van der Waals surface area contributed by atoms with Gasteiger partial charge in [0.25, 0.3) is 0 Å². The quantitative estimate of drug-likeness (QED) is 0.795. The maximum Gasteiger partial charge on any atom is 0.126 e. The van der Waals surface area contributed by atoms with Gasteiger partial charge in [0, 0.05) is 23.3 Å². The molecular weight excluding hydrogens is 298 g/mol. The molecule has 1 unspecified atom stereocenters. The number of aryl methyl sites for hydroxylation is 2. The second kappa shape index (κ2) is 7.14. The average molecular weight is 322 g/mol. The first kappa shape index (κ1) is 16.8. The third-order valence-corrected chi connectivity index (χ3v) is 4.31. The van der Waals surface area contributed by atoms with Crippen LogP contribution < -0.4 is 4.74 Å². The predicted molar refractivity (Wildman–Crippen MR) is 89.9 cm³/mol. The molecule has 2 aromatic rings. The Labute approximate surface area is 137 Å². The molecule has 0 saturated carbocycles. The van der Waals surface area contributed by atoms with Crippen LogP contribution in [0.4, 0.5) is 0 Å². The summed E-state index contributed by atoms with van der Waals surface area (Å²) in [6.07, 6.45) is 2.82. The molecule has 0 saturated heterocycles. The van der Waals surface area contributed by atoms with E-state index in [9.17, 15) is 0 Å². The number of aromatic nitrogens is 3. The molecule has 5 heteroatoms. The van der Waals surface area contributed by atoms with Gasteiger partial charge in [-0.15, -0.1) is 5.10 Å². The zero-order valence-electron chi connectivity index (χ0n) is 14.0. The lowest BCUT2D eigenvalue weighted by molar-refractivity contribution is 0.331. The SMILES string of the molecule is CCOc1c(C)cc(Cl)c(C)c1C(C)Cc1cn(CC)nn1. The Morgan fingerprint density at radius 1 is 1.32 bits per heavy atom. The van der Waals surface area contributed by atoms with Gasteiger partial charge in [0.1, 0.15) is 5.75 Å². The molecule has 0 N–H and O–H groups in total. The first-order chi connectivity index (χ1) is 10.5. The van der Waals surface area contributed by atoms with Gasteiger partial charge in [-0.2, -0.15) is 0 Å². The lowest BCUT2D eigenvalue weighted by Crippen LogP contribution is -2.07. The Morgan fingerprint density at radius 2 is 2.05 bits per heavy atom. The minimum atomic E-state index is 0.265. The number of hydrogen-bond donors (Lipinski definition) is 0. The van der Waals surface area contributed by atoms with Crippen LogP contribution in [0.2, 0.25) is 5.02 Å². The van der Waals surface area contributed by atoms with E-state index < -0.39 is 0 Å². The molecule has 0 fully saturated rings. The summed E-state index contributed by atoms with van der Waals surface area (Å²) >= 11 is 6.38. The number of ether oxygens (including phenoxy) is 1. The maximum atomic E-state index is 6.38. The van der Waals surface area contributed by atoms with Gasteiger partial charge in [-0.3, -0.25) is 4.68 Å². The number of halogens is 1. The zero-order valence-corrected chi connectivity index (χ0v) is 14.7. The van der Waals surface area contributed by atoms with E-state index in [-0.39, 0.29) is 5.92 Å². The Balaban J connectivity index is 2.36. The zero-order chi connectivity index (χ0) is 16.3. The second-order valence-corrected chi connectivity index (χ2v) is 6.05. The minimum absolute atomic E-state index is 0.265. The smallest absolute Gasteiger partial charge is 0.126 e. The summed E-state index contributed by atoms with van der Waals surface area (Å²) < 4.78 is 7.74. The number of nitrogens with zero attached hydrogens (tertiary/aromatic N) is 3. The third kappa shape index (κ3) is 3.43. The average Bonchev–Trinajstić information content (AvgIpc) is 2.92. The van der Waals surface area contributed by atoms with E-state index in [1.165, 1.54) is 5.56 Å². The Kier molecular flexibility index (Phi) is 5.46. The van der Waals surface area contributed by atoms with Crippen LogP contribution in [0.15, 0.2) is 12.3 Å². The van der Waals surface area contributed by atoms with E-state index in [4.69, 9.17) is 16.3 Å². The fraction of sp³-hybridized carbons (Fsp3) is 0.529. The number of hydrogen-bond acceptors (Lipinski definition) is 3. The van der Waals surface area contributed by atoms with Crippen molar-refractivity contribution in [2.24, 2.45) is 0 Å². The van der Waals surface area contributed by atoms with Crippen molar-refractivity contribution >= 4 is 11.6 Å². The van der Waals surface area contributed by atoms with Gasteiger partial charge >= 0.3 is 0 Å². The molecule has 0 aliphatic carbocycles. The molecule has 0 radical (unpaired) electrons. The summed E-state index contributed by atoms with van der Waals surface area (Å²) in [5.41, 5.74) is 4.34. The fourth-order valence-corrected chi connectivity index (χ4v) is 3.07. The number of benzene rings is 1. The monoisotopic (exact) mass is 321 g/mol. The van der Waals surface area contributed by atoms with Crippen LogP contribution in [-0.4, -0.2) is 21.6 Å². The summed E-state index contributed by atoms with van der Waals surface area (Å²) in [6, 6.07) is 1.98. The lowest BCUT2D eigenvalue weighted by atomic mass is 9.90. The lowest BCUT2D eigenvalue weighted by Gasteiger charge is -2.21. The van der Waals surface area contributed by atoms with Crippen molar-refractivity contribution in [2.45, 2.75) is 53.5 Å². The van der Waals surface area contributed by atoms with Gasteiger partial charge in [0.05, 0.1) is 12.3 Å². The Bertz CT molecular complexity index is 652. The highest BCUT2D eigenvalue weighted by molar-refractivity contribution is 6.31. The molecule has 4 nitrogen and oxygen atoms in total. The molecule has 22 heavy (non-hydrogen) atoms. The topological polar surface area (TPSA) is 39.9 Å². The normalized spacial score (nSPS) is 12.5. The Morgan fingerprint density at radius 3 is 2.64 bits per heavy atom. The molecule has 0 amide bonds. The molecule has 1 aromatic carbocycles. The van der Waals surface area contributed by atoms with Crippen molar-refractivity contribution in [3.05, 3.63) is 39.7 Å². The summed E-state index contributed by atoms with van der Waals surface area (Å²) in [5, 5.41) is 9.14. The summed E-state index contributed by atoms with van der Waals surface area (Å²) in [4.78, 5) is 0. The van der Waals surface area contributed by atoms with Gasteiger partial charge in [0.15, 0.2) is 0 Å². The van der Waals surface area contributed by atoms with Crippen LogP contribution >= 0.6 is 11.6 Å². The van der Waals surface area contributed by atoms with Gasteiger partial charge in [0.2, 0.25) is 0 Å². The first-order valence-electron chi connectivity index (χ1n) is 7.79. The number of rotatable bonds is 6. The summed E-state index contributed by atoms with van der Waals surface area (Å²) in [5.74, 6) is 1.22. The highest BCUT2D eigenvalue weighted by Gasteiger charge is 2.20. The van der Waals surface area contributed by atoms with E-state index in [2.05, 4.69) is 31.1 Å². The maximum absolute atomic E-state index is 6.38. The van der Waals surface area contributed by atoms with Crippen molar-refractivity contribution in [2.75, 3.05) is 6.61 Å². The largest absolute Gasteiger partial charge is 0.493 e. The van der Waals surface area contributed by atoms with Gasteiger partial charge in [-0.25, -0.2) is 0 Å². The van der Waals surface area contributed by atoms with Crippen molar-refractivity contribution in [1.29, 1.82) is 0 Å². The molecule has 0 aliphatic rings. The molecule has 1 heterocycles. The van der Waals surface area contributed by atoms with Gasteiger partial charge < -0.3 is 4.74 Å². The molecule has 0 bridgehead atoms. The van der Waals surface area contributed by atoms with E-state index in [1.54, 1.807) is 0 Å². The molecule has 0 aliphatic heterocycles. The third-order valence-electron chi connectivity index (χ3n) is 3.92. The fourth-order valence-electron chi connectivity index (χ4n) is 2.81. The molecule has 1 atom stereocenters. The van der Waals surface area contributed by atoms with E-state index in [0.717, 1.165) is 40.6 Å². The predicted octanol–water partition coefficient (Wildman–Crippen LogP) is 4.31. The summed E-state index contributed by atoms with van der Waals surface area (Å²) in [6.45, 7) is 11.8. The van der Waals surface area contributed by atoms with Crippen molar-refractivity contribution in [3.8, 4) is 5.75 Å². The minimum Gasteiger partial charge on any atom is -0.493 e.